The van der Waals surface area contributed by atoms with Crippen LogP contribution >= 0.6 is 39.1 Å². The van der Waals surface area contributed by atoms with Crippen molar-refractivity contribution in [1.29, 1.82) is 0 Å². The summed E-state index contributed by atoms with van der Waals surface area (Å²) in [6.45, 7) is 0.710. The predicted molar refractivity (Wildman–Crippen MR) is 123 cm³/mol. The summed E-state index contributed by atoms with van der Waals surface area (Å²) in [4.78, 5) is 12.5. The maximum atomic E-state index is 12.5. The van der Waals surface area contributed by atoms with E-state index >= 15 is 0 Å². The molecular formula is C22H16BrCl2N3O3. The topological polar surface area (TPSA) is 69.3 Å². The van der Waals surface area contributed by atoms with Crippen molar-refractivity contribution < 1.29 is 13.9 Å². The minimum atomic E-state index is -0.376. The molecule has 0 unspecified atom stereocenters. The van der Waals surface area contributed by atoms with E-state index < -0.39 is 0 Å². The Hall–Kier alpha value is -2.74. The molecule has 0 fully saturated rings. The fourth-order valence-electron chi connectivity index (χ4n) is 2.80. The SMILES string of the molecule is O=C(Nc1cnn(Cc2ccc(Cl)cc2)c1)c1ccc(COc2ccc(Br)cc2Cl)o1. The van der Waals surface area contributed by atoms with Gasteiger partial charge in [-0.05, 0) is 48.0 Å². The van der Waals surface area contributed by atoms with E-state index in [9.17, 15) is 4.79 Å². The van der Waals surface area contributed by atoms with E-state index in [0.717, 1.165) is 10.0 Å². The third-order valence-corrected chi connectivity index (χ3v) is 5.34. The number of furan rings is 1. The fourth-order valence-corrected chi connectivity index (χ4v) is 3.66. The number of amides is 1. The number of nitrogens with zero attached hydrogens (tertiary/aromatic N) is 2. The highest BCUT2D eigenvalue weighted by Crippen LogP contribution is 2.28. The summed E-state index contributed by atoms with van der Waals surface area (Å²) in [5.74, 6) is 0.827. The number of ether oxygens (including phenoxy) is 1. The summed E-state index contributed by atoms with van der Waals surface area (Å²) in [7, 11) is 0. The van der Waals surface area contributed by atoms with Crippen molar-refractivity contribution in [3.05, 3.63) is 98.6 Å². The van der Waals surface area contributed by atoms with E-state index in [1.54, 1.807) is 41.3 Å². The zero-order valence-corrected chi connectivity index (χ0v) is 19.1. The van der Waals surface area contributed by atoms with Crippen molar-refractivity contribution in [2.24, 2.45) is 0 Å². The highest BCUT2D eigenvalue weighted by molar-refractivity contribution is 9.10. The Morgan fingerprint density at radius 2 is 1.94 bits per heavy atom. The van der Waals surface area contributed by atoms with E-state index in [4.69, 9.17) is 32.4 Å². The number of hydrogen-bond acceptors (Lipinski definition) is 4. The fraction of sp³-hybridized carbons (Fsp3) is 0.0909. The minimum Gasteiger partial charge on any atom is -0.484 e. The van der Waals surface area contributed by atoms with Gasteiger partial charge in [0.05, 0.1) is 23.5 Å². The monoisotopic (exact) mass is 519 g/mol. The molecule has 2 aromatic carbocycles. The molecule has 4 aromatic rings. The zero-order chi connectivity index (χ0) is 21.8. The molecule has 0 bridgehead atoms. The van der Waals surface area contributed by atoms with Crippen LogP contribution in [0.3, 0.4) is 0 Å². The van der Waals surface area contributed by atoms with Crippen molar-refractivity contribution >= 4 is 50.7 Å². The smallest absolute Gasteiger partial charge is 0.291 e. The second kappa shape index (κ2) is 9.60. The van der Waals surface area contributed by atoms with Crippen LogP contribution < -0.4 is 10.1 Å². The highest BCUT2D eigenvalue weighted by Gasteiger charge is 2.13. The van der Waals surface area contributed by atoms with Crippen LogP contribution in [0.2, 0.25) is 10.0 Å². The quantitative estimate of drug-likeness (QED) is 0.305. The second-order valence-electron chi connectivity index (χ2n) is 6.64. The Kier molecular flexibility index (Phi) is 6.65. The first-order valence-electron chi connectivity index (χ1n) is 9.21. The van der Waals surface area contributed by atoms with Gasteiger partial charge in [-0.15, -0.1) is 0 Å². The average Bonchev–Trinajstić information content (AvgIpc) is 3.39. The Morgan fingerprint density at radius 3 is 2.71 bits per heavy atom. The summed E-state index contributed by atoms with van der Waals surface area (Å²) < 4.78 is 13.8. The van der Waals surface area contributed by atoms with Crippen molar-refractivity contribution in [2.75, 3.05) is 5.32 Å². The summed E-state index contributed by atoms with van der Waals surface area (Å²) in [6, 6.07) is 16.1. The predicted octanol–water partition coefficient (Wildman–Crippen LogP) is 6.43. The maximum Gasteiger partial charge on any atom is 0.291 e. The number of carbonyl (C=O) groups is 1. The molecule has 0 saturated carbocycles. The molecule has 2 heterocycles. The zero-order valence-electron chi connectivity index (χ0n) is 16.0. The lowest BCUT2D eigenvalue weighted by molar-refractivity contribution is 0.0992. The van der Waals surface area contributed by atoms with Crippen LogP contribution in [0, 0.1) is 0 Å². The van der Waals surface area contributed by atoms with Crippen LogP contribution in [0.25, 0.3) is 0 Å². The molecule has 0 atom stereocenters. The maximum absolute atomic E-state index is 12.5. The van der Waals surface area contributed by atoms with Gasteiger partial charge in [0.25, 0.3) is 5.91 Å². The van der Waals surface area contributed by atoms with Gasteiger partial charge in [-0.25, -0.2) is 0 Å². The second-order valence-corrected chi connectivity index (χ2v) is 8.40. The van der Waals surface area contributed by atoms with Gasteiger partial charge in [-0.2, -0.15) is 5.10 Å². The molecule has 0 aliphatic rings. The van der Waals surface area contributed by atoms with E-state index in [0.29, 0.717) is 33.8 Å². The lowest BCUT2D eigenvalue weighted by Gasteiger charge is -2.06. The van der Waals surface area contributed by atoms with Crippen molar-refractivity contribution in [2.45, 2.75) is 13.2 Å². The van der Waals surface area contributed by atoms with Crippen LogP contribution in [-0.2, 0) is 13.2 Å². The number of anilines is 1. The van der Waals surface area contributed by atoms with Crippen molar-refractivity contribution in [1.82, 2.24) is 9.78 Å². The van der Waals surface area contributed by atoms with Crippen molar-refractivity contribution in [3.8, 4) is 5.75 Å². The molecule has 4 rings (SSSR count). The first-order chi connectivity index (χ1) is 15.0. The number of aromatic nitrogens is 2. The highest BCUT2D eigenvalue weighted by atomic mass is 79.9. The molecule has 0 aliphatic carbocycles. The largest absolute Gasteiger partial charge is 0.484 e. The summed E-state index contributed by atoms with van der Waals surface area (Å²) in [5, 5.41) is 8.20. The number of rotatable bonds is 7. The molecule has 1 amide bonds. The average molecular weight is 521 g/mol. The molecule has 158 valence electrons. The molecule has 6 nitrogen and oxygen atoms in total. The molecule has 31 heavy (non-hydrogen) atoms. The molecule has 1 N–H and O–H groups in total. The van der Waals surface area contributed by atoms with E-state index in [1.165, 1.54) is 0 Å². The lowest BCUT2D eigenvalue weighted by atomic mass is 10.2. The minimum absolute atomic E-state index is 0.146. The van der Waals surface area contributed by atoms with Gasteiger partial charge in [-0.1, -0.05) is 51.3 Å². The van der Waals surface area contributed by atoms with Crippen LogP contribution in [0.4, 0.5) is 5.69 Å². The number of carbonyl (C=O) groups excluding carboxylic acids is 1. The Bertz CT molecular complexity index is 1200. The number of nitrogens with one attached hydrogen (secondary N) is 1. The summed E-state index contributed by atoms with van der Waals surface area (Å²) in [6.07, 6.45) is 3.32. The van der Waals surface area contributed by atoms with E-state index in [1.807, 2.05) is 30.3 Å². The Balaban J connectivity index is 1.33. The van der Waals surface area contributed by atoms with Gasteiger partial charge in [-0.3, -0.25) is 9.48 Å². The van der Waals surface area contributed by atoms with Crippen LogP contribution in [0.5, 0.6) is 5.75 Å². The van der Waals surface area contributed by atoms with Crippen LogP contribution in [-0.4, -0.2) is 15.7 Å². The lowest BCUT2D eigenvalue weighted by Crippen LogP contribution is -2.10. The first kappa shape index (κ1) is 21.5. The third kappa shape index (κ3) is 5.70. The number of halogens is 3. The van der Waals surface area contributed by atoms with E-state index in [-0.39, 0.29) is 18.3 Å². The molecular weight excluding hydrogens is 505 g/mol. The molecule has 0 aliphatic heterocycles. The summed E-state index contributed by atoms with van der Waals surface area (Å²) in [5.41, 5.74) is 1.61. The van der Waals surface area contributed by atoms with Crippen LogP contribution in [0.1, 0.15) is 21.9 Å². The van der Waals surface area contributed by atoms with Gasteiger partial charge < -0.3 is 14.5 Å². The molecule has 9 heteroatoms. The van der Waals surface area contributed by atoms with Gasteiger partial charge in [0.1, 0.15) is 18.1 Å². The first-order valence-corrected chi connectivity index (χ1v) is 10.8. The molecule has 0 saturated heterocycles. The number of hydrogen-bond donors (Lipinski definition) is 1. The van der Waals surface area contributed by atoms with Gasteiger partial charge in [0.2, 0.25) is 0 Å². The van der Waals surface area contributed by atoms with Crippen LogP contribution in [0.15, 0.2) is 75.9 Å². The number of benzene rings is 2. The van der Waals surface area contributed by atoms with Gasteiger partial charge in [0.15, 0.2) is 5.76 Å². The Morgan fingerprint density at radius 1 is 1.13 bits per heavy atom. The van der Waals surface area contributed by atoms with Gasteiger partial charge >= 0.3 is 0 Å². The standard InChI is InChI=1S/C22H16BrCl2N3O3/c23-15-3-7-20(19(25)9-15)30-13-18-6-8-21(31-18)22(29)27-17-10-26-28(12-17)11-14-1-4-16(24)5-2-14/h1-10,12H,11,13H2,(H,27,29). The molecule has 0 radical (unpaired) electrons. The van der Waals surface area contributed by atoms with Gasteiger partial charge in [0, 0.05) is 15.7 Å². The molecule has 2 aromatic heterocycles. The molecule has 0 spiro atoms. The normalized spacial score (nSPS) is 10.8. The van der Waals surface area contributed by atoms with E-state index in [2.05, 4.69) is 26.3 Å². The summed E-state index contributed by atoms with van der Waals surface area (Å²) >= 11 is 15.4. The Labute approximate surface area is 196 Å². The van der Waals surface area contributed by atoms with Crippen molar-refractivity contribution in [3.63, 3.8) is 0 Å². The third-order valence-electron chi connectivity index (χ3n) is 4.30.